The topological polar surface area (TPSA) is 40.5 Å². The molecular formula is C13H16ClNO2. The lowest BCUT2D eigenvalue weighted by atomic mass is 10.0. The Bertz CT molecular complexity index is 428. The fraction of sp³-hybridized carbons (Fsp3) is 0.462. The molecule has 1 atom stereocenters. The molecule has 1 amide bonds. The third-order valence-corrected chi connectivity index (χ3v) is 3.45. The molecule has 2 rings (SSSR count). The molecular weight excluding hydrogens is 238 g/mol. The zero-order chi connectivity index (χ0) is 12.6. The molecule has 1 saturated heterocycles. The van der Waals surface area contributed by atoms with Crippen LogP contribution in [0.25, 0.3) is 0 Å². The summed E-state index contributed by atoms with van der Waals surface area (Å²) in [5.41, 5.74) is 0.312. The molecule has 17 heavy (non-hydrogen) atoms. The van der Waals surface area contributed by atoms with Crippen LogP contribution in [0.2, 0.25) is 5.02 Å². The third kappa shape index (κ3) is 2.45. The van der Waals surface area contributed by atoms with Gasteiger partial charge in [0, 0.05) is 22.7 Å². The lowest BCUT2D eigenvalue weighted by Crippen LogP contribution is -2.42. The zero-order valence-electron chi connectivity index (χ0n) is 9.98. The predicted octanol–water partition coefficient (Wildman–Crippen LogP) is 2.33. The summed E-state index contributed by atoms with van der Waals surface area (Å²) in [6.45, 7) is 4.34. The van der Waals surface area contributed by atoms with Crippen molar-refractivity contribution in [1.82, 2.24) is 4.90 Å². The van der Waals surface area contributed by atoms with E-state index in [2.05, 4.69) is 0 Å². The van der Waals surface area contributed by atoms with Crippen LogP contribution >= 0.6 is 11.6 Å². The van der Waals surface area contributed by atoms with E-state index in [1.807, 2.05) is 13.8 Å². The van der Waals surface area contributed by atoms with Crippen molar-refractivity contribution in [2.75, 3.05) is 6.54 Å². The van der Waals surface area contributed by atoms with E-state index in [9.17, 15) is 9.90 Å². The zero-order valence-corrected chi connectivity index (χ0v) is 10.7. The maximum absolute atomic E-state index is 12.3. The predicted molar refractivity (Wildman–Crippen MR) is 67.2 cm³/mol. The van der Waals surface area contributed by atoms with E-state index in [0.717, 1.165) is 0 Å². The van der Waals surface area contributed by atoms with E-state index in [0.29, 0.717) is 23.6 Å². The molecule has 0 aliphatic carbocycles. The number of halogens is 1. The molecule has 1 heterocycles. The number of carbonyl (C=O) groups excluding carboxylic acids is 1. The van der Waals surface area contributed by atoms with E-state index in [4.69, 9.17) is 11.6 Å². The molecule has 0 spiro atoms. The van der Waals surface area contributed by atoms with Crippen molar-refractivity contribution in [2.24, 2.45) is 0 Å². The maximum atomic E-state index is 12.3. The van der Waals surface area contributed by atoms with Gasteiger partial charge in [0.2, 0.25) is 0 Å². The molecule has 0 bridgehead atoms. The van der Waals surface area contributed by atoms with Gasteiger partial charge in [0.1, 0.15) is 0 Å². The number of rotatable bonds is 1. The first-order chi connectivity index (χ1) is 7.90. The number of aliphatic hydroxyl groups is 1. The van der Waals surface area contributed by atoms with E-state index < -0.39 is 6.10 Å². The number of aliphatic hydroxyl groups excluding tert-OH is 1. The Morgan fingerprint density at radius 3 is 2.47 bits per heavy atom. The Balaban J connectivity index is 2.23. The molecule has 1 aliphatic heterocycles. The van der Waals surface area contributed by atoms with Crippen LogP contribution in [0.3, 0.4) is 0 Å². The number of carbonyl (C=O) groups is 1. The molecule has 1 aromatic rings. The fourth-order valence-electron chi connectivity index (χ4n) is 2.32. The summed E-state index contributed by atoms with van der Waals surface area (Å²) in [5.74, 6) is -0.0526. The highest BCUT2D eigenvalue weighted by Crippen LogP contribution is 2.30. The summed E-state index contributed by atoms with van der Waals surface area (Å²) in [5, 5.41) is 10.3. The van der Waals surface area contributed by atoms with Crippen LogP contribution in [-0.2, 0) is 0 Å². The van der Waals surface area contributed by atoms with Crippen LogP contribution in [0.4, 0.5) is 0 Å². The molecule has 0 aromatic heterocycles. The van der Waals surface area contributed by atoms with Crippen LogP contribution < -0.4 is 0 Å². The molecule has 1 unspecified atom stereocenters. The van der Waals surface area contributed by atoms with Gasteiger partial charge in [-0.15, -0.1) is 0 Å². The largest absolute Gasteiger partial charge is 0.391 e. The van der Waals surface area contributed by atoms with E-state index in [1.54, 1.807) is 29.2 Å². The lowest BCUT2D eigenvalue weighted by Gasteiger charge is -2.31. The Hall–Kier alpha value is -1.06. The number of nitrogens with zero attached hydrogens (tertiary/aromatic N) is 1. The van der Waals surface area contributed by atoms with E-state index in [-0.39, 0.29) is 11.4 Å². The lowest BCUT2D eigenvalue weighted by molar-refractivity contribution is 0.0641. The van der Waals surface area contributed by atoms with Gasteiger partial charge in [-0.2, -0.15) is 0 Å². The van der Waals surface area contributed by atoms with E-state index in [1.165, 1.54) is 0 Å². The second-order valence-corrected chi connectivity index (χ2v) is 5.53. The minimum Gasteiger partial charge on any atom is -0.391 e. The van der Waals surface area contributed by atoms with Crippen LogP contribution in [0.15, 0.2) is 24.3 Å². The van der Waals surface area contributed by atoms with Gasteiger partial charge in [0.25, 0.3) is 5.91 Å². The summed E-state index contributed by atoms with van der Waals surface area (Å²) < 4.78 is 0. The standard InChI is InChI=1S/C13H16ClNO2/c1-13(2)7-11(16)8-15(13)12(17)9-3-5-10(14)6-4-9/h3-6,11,16H,7-8H2,1-2H3. The number of hydrogen-bond acceptors (Lipinski definition) is 2. The van der Waals surface area contributed by atoms with Gasteiger partial charge in [0.05, 0.1) is 6.10 Å². The summed E-state index contributed by atoms with van der Waals surface area (Å²) in [6, 6.07) is 6.83. The Morgan fingerprint density at radius 2 is 2.00 bits per heavy atom. The summed E-state index contributed by atoms with van der Waals surface area (Å²) >= 11 is 5.79. The Labute approximate surface area is 106 Å². The number of benzene rings is 1. The van der Waals surface area contributed by atoms with Crippen molar-refractivity contribution in [1.29, 1.82) is 0 Å². The Kier molecular flexibility index (Phi) is 3.15. The molecule has 4 heteroatoms. The highest BCUT2D eigenvalue weighted by molar-refractivity contribution is 6.30. The average Bonchev–Trinajstić information content (AvgIpc) is 2.52. The first-order valence-electron chi connectivity index (χ1n) is 5.66. The Morgan fingerprint density at radius 1 is 1.41 bits per heavy atom. The molecule has 3 nitrogen and oxygen atoms in total. The molecule has 1 aliphatic rings. The summed E-state index contributed by atoms with van der Waals surface area (Å²) in [6.07, 6.45) is 0.188. The van der Waals surface area contributed by atoms with Gasteiger partial charge in [-0.1, -0.05) is 11.6 Å². The van der Waals surface area contributed by atoms with Crippen molar-refractivity contribution in [2.45, 2.75) is 31.9 Å². The maximum Gasteiger partial charge on any atom is 0.254 e. The highest BCUT2D eigenvalue weighted by atomic mass is 35.5. The van der Waals surface area contributed by atoms with Crippen molar-refractivity contribution in [3.05, 3.63) is 34.9 Å². The smallest absolute Gasteiger partial charge is 0.254 e. The second kappa shape index (κ2) is 4.31. The van der Waals surface area contributed by atoms with Crippen LogP contribution in [-0.4, -0.2) is 34.1 Å². The van der Waals surface area contributed by atoms with Gasteiger partial charge < -0.3 is 10.0 Å². The number of hydrogen-bond donors (Lipinski definition) is 1. The minimum atomic E-state index is -0.429. The number of likely N-dealkylation sites (tertiary alicyclic amines) is 1. The highest BCUT2D eigenvalue weighted by Gasteiger charge is 2.40. The van der Waals surface area contributed by atoms with Crippen LogP contribution in [0.5, 0.6) is 0 Å². The third-order valence-electron chi connectivity index (χ3n) is 3.20. The molecule has 1 fully saturated rings. The molecule has 0 saturated carbocycles. The molecule has 1 N–H and O–H groups in total. The fourth-order valence-corrected chi connectivity index (χ4v) is 2.44. The average molecular weight is 254 g/mol. The molecule has 1 aromatic carbocycles. The van der Waals surface area contributed by atoms with Crippen molar-refractivity contribution in [3.8, 4) is 0 Å². The summed E-state index contributed by atoms with van der Waals surface area (Å²) in [4.78, 5) is 14.0. The van der Waals surface area contributed by atoms with Gasteiger partial charge >= 0.3 is 0 Å². The normalized spacial score (nSPS) is 22.8. The summed E-state index contributed by atoms with van der Waals surface area (Å²) in [7, 11) is 0. The van der Waals surface area contributed by atoms with Crippen LogP contribution in [0.1, 0.15) is 30.6 Å². The van der Waals surface area contributed by atoms with Gasteiger partial charge in [-0.25, -0.2) is 0 Å². The first-order valence-corrected chi connectivity index (χ1v) is 6.03. The van der Waals surface area contributed by atoms with Crippen molar-refractivity contribution < 1.29 is 9.90 Å². The molecule has 92 valence electrons. The minimum absolute atomic E-state index is 0.0526. The second-order valence-electron chi connectivity index (χ2n) is 5.09. The quantitative estimate of drug-likeness (QED) is 0.835. The van der Waals surface area contributed by atoms with Crippen molar-refractivity contribution in [3.63, 3.8) is 0 Å². The van der Waals surface area contributed by atoms with Crippen LogP contribution in [0, 0.1) is 0 Å². The van der Waals surface area contributed by atoms with E-state index >= 15 is 0 Å². The number of amides is 1. The van der Waals surface area contributed by atoms with Gasteiger partial charge in [0.15, 0.2) is 0 Å². The monoisotopic (exact) mass is 253 g/mol. The molecule has 0 radical (unpaired) electrons. The van der Waals surface area contributed by atoms with Crippen molar-refractivity contribution >= 4 is 17.5 Å². The first kappa shape index (κ1) is 12.4. The number of β-amino-alcohol motifs (C(OH)–C–C–N with tert-alkyl or cyclic N) is 1. The van der Waals surface area contributed by atoms with Gasteiger partial charge in [-0.05, 0) is 44.5 Å². The van der Waals surface area contributed by atoms with Gasteiger partial charge in [-0.3, -0.25) is 4.79 Å². The SMILES string of the molecule is CC1(C)CC(O)CN1C(=O)c1ccc(Cl)cc1.